The van der Waals surface area contributed by atoms with E-state index in [4.69, 9.17) is 9.84 Å². The van der Waals surface area contributed by atoms with Gasteiger partial charge in [-0.05, 0) is 12.5 Å². The number of carboxylic acid groups (broad SMARTS) is 1. The van der Waals surface area contributed by atoms with Crippen LogP contribution in [0.2, 0.25) is 0 Å². The molecule has 1 atom stereocenters. The number of carbonyl (C=O) groups is 2. The van der Waals surface area contributed by atoms with Crippen molar-refractivity contribution in [3.63, 3.8) is 0 Å². The Morgan fingerprint density at radius 3 is 2.84 bits per heavy atom. The van der Waals surface area contributed by atoms with Crippen molar-refractivity contribution in [2.75, 3.05) is 19.7 Å². The maximum atomic E-state index is 12.8. The number of thiazole rings is 1. The molecule has 1 aliphatic rings. The van der Waals surface area contributed by atoms with Gasteiger partial charge in [-0.1, -0.05) is 30.3 Å². The molecule has 1 aliphatic heterocycles. The summed E-state index contributed by atoms with van der Waals surface area (Å²) in [7, 11) is 0. The van der Waals surface area contributed by atoms with Gasteiger partial charge in [-0.3, -0.25) is 9.59 Å². The molecule has 132 valence electrons. The van der Waals surface area contributed by atoms with Crippen molar-refractivity contribution in [2.24, 2.45) is 0 Å². The van der Waals surface area contributed by atoms with E-state index in [1.54, 1.807) is 4.90 Å². The summed E-state index contributed by atoms with van der Waals surface area (Å²) in [6.45, 7) is 2.97. The lowest BCUT2D eigenvalue weighted by Gasteiger charge is -2.32. The molecule has 1 N–H and O–H groups in total. The summed E-state index contributed by atoms with van der Waals surface area (Å²) in [5, 5.41) is 9.81. The second-order valence-electron chi connectivity index (χ2n) is 6.03. The third-order valence-electron chi connectivity index (χ3n) is 4.06. The SMILES string of the molecule is Cc1nc(Cc2ccccc2)sc1C(=O)N1CCOC(CC(=O)O)C1. The van der Waals surface area contributed by atoms with E-state index < -0.39 is 12.1 Å². The van der Waals surface area contributed by atoms with Crippen LogP contribution in [0.3, 0.4) is 0 Å². The number of carboxylic acids is 1. The largest absolute Gasteiger partial charge is 0.481 e. The zero-order chi connectivity index (χ0) is 17.8. The fourth-order valence-electron chi connectivity index (χ4n) is 2.86. The zero-order valence-electron chi connectivity index (χ0n) is 14.0. The van der Waals surface area contributed by atoms with Crippen LogP contribution in [-0.2, 0) is 16.0 Å². The number of morpholine rings is 1. The normalized spacial score (nSPS) is 17.5. The molecule has 2 aromatic rings. The van der Waals surface area contributed by atoms with Crippen molar-refractivity contribution >= 4 is 23.2 Å². The van der Waals surface area contributed by atoms with Crippen molar-refractivity contribution in [3.05, 3.63) is 51.5 Å². The summed E-state index contributed by atoms with van der Waals surface area (Å²) in [6, 6.07) is 10.0. The van der Waals surface area contributed by atoms with Crippen LogP contribution in [-0.4, -0.2) is 52.7 Å². The van der Waals surface area contributed by atoms with Crippen LogP contribution in [0.4, 0.5) is 0 Å². The standard InChI is InChI=1S/C18H20N2O4S/c1-12-17(25-15(19-12)9-13-5-3-2-4-6-13)18(23)20-7-8-24-14(11-20)10-16(21)22/h2-6,14H,7-11H2,1H3,(H,21,22). The van der Waals surface area contributed by atoms with Gasteiger partial charge in [0.2, 0.25) is 0 Å². The highest BCUT2D eigenvalue weighted by Gasteiger charge is 2.28. The third-order valence-corrected chi connectivity index (χ3v) is 5.21. The number of benzene rings is 1. The van der Waals surface area contributed by atoms with Crippen LogP contribution in [0, 0.1) is 6.92 Å². The first-order valence-corrected chi connectivity index (χ1v) is 8.97. The Labute approximate surface area is 150 Å². The van der Waals surface area contributed by atoms with Gasteiger partial charge >= 0.3 is 5.97 Å². The number of aliphatic carboxylic acids is 1. The summed E-state index contributed by atoms with van der Waals surface area (Å²) < 4.78 is 5.43. The Kier molecular flexibility index (Phi) is 5.45. The van der Waals surface area contributed by atoms with Gasteiger partial charge in [-0.25, -0.2) is 4.98 Å². The quantitative estimate of drug-likeness (QED) is 0.885. The Morgan fingerprint density at radius 2 is 2.12 bits per heavy atom. The molecule has 1 aromatic heterocycles. The predicted octanol–water partition coefficient (Wildman–Crippen LogP) is 2.36. The highest BCUT2D eigenvalue weighted by atomic mass is 32.1. The molecule has 0 spiro atoms. The molecular formula is C18H20N2O4S. The second kappa shape index (κ2) is 7.76. The molecule has 2 heterocycles. The summed E-state index contributed by atoms with van der Waals surface area (Å²) in [4.78, 5) is 30.5. The Morgan fingerprint density at radius 1 is 1.36 bits per heavy atom. The number of amides is 1. The van der Waals surface area contributed by atoms with E-state index in [1.165, 1.54) is 11.3 Å². The average molecular weight is 360 g/mol. The number of nitrogens with zero attached hydrogens (tertiary/aromatic N) is 2. The summed E-state index contributed by atoms with van der Waals surface area (Å²) >= 11 is 1.41. The van der Waals surface area contributed by atoms with E-state index >= 15 is 0 Å². The molecule has 0 saturated carbocycles. The van der Waals surface area contributed by atoms with Gasteiger partial charge in [0.15, 0.2) is 0 Å². The zero-order valence-corrected chi connectivity index (χ0v) is 14.8. The number of carbonyl (C=O) groups excluding carboxylic acids is 1. The Hall–Kier alpha value is -2.25. The lowest BCUT2D eigenvalue weighted by molar-refractivity contribution is -0.141. The molecule has 0 aliphatic carbocycles. The highest BCUT2D eigenvalue weighted by molar-refractivity contribution is 7.13. The molecule has 0 bridgehead atoms. The van der Waals surface area contributed by atoms with E-state index in [9.17, 15) is 9.59 Å². The van der Waals surface area contributed by atoms with Crippen LogP contribution < -0.4 is 0 Å². The maximum Gasteiger partial charge on any atom is 0.306 e. The molecule has 25 heavy (non-hydrogen) atoms. The van der Waals surface area contributed by atoms with Gasteiger partial charge in [-0.15, -0.1) is 11.3 Å². The lowest BCUT2D eigenvalue weighted by Crippen LogP contribution is -2.46. The third kappa shape index (κ3) is 4.43. The monoisotopic (exact) mass is 360 g/mol. The number of rotatable bonds is 5. The molecule has 3 rings (SSSR count). The van der Waals surface area contributed by atoms with E-state index in [1.807, 2.05) is 37.3 Å². The molecule has 1 amide bonds. The van der Waals surface area contributed by atoms with Crippen molar-refractivity contribution < 1.29 is 19.4 Å². The van der Waals surface area contributed by atoms with Gasteiger partial charge in [0.1, 0.15) is 4.88 Å². The molecular weight excluding hydrogens is 340 g/mol. The van der Waals surface area contributed by atoms with Gasteiger partial charge in [0, 0.05) is 19.5 Å². The smallest absolute Gasteiger partial charge is 0.306 e. The van der Waals surface area contributed by atoms with Gasteiger partial charge < -0.3 is 14.7 Å². The minimum atomic E-state index is -0.918. The van der Waals surface area contributed by atoms with Crippen LogP contribution in [0.1, 0.15) is 32.4 Å². The number of hydrogen-bond acceptors (Lipinski definition) is 5. The molecule has 1 saturated heterocycles. The van der Waals surface area contributed by atoms with E-state index in [-0.39, 0.29) is 12.3 Å². The summed E-state index contributed by atoms with van der Waals surface area (Å²) in [6.07, 6.45) is 0.155. The predicted molar refractivity (Wildman–Crippen MR) is 94.0 cm³/mol. The summed E-state index contributed by atoms with van der Waals surface area (Å²) in [5.41, 5.74) is 1.88. The van der Waals surface area contributed by atoms with Gasteiger partial charge in [0.05, 0.1) is 29.8 Å². The van der Waals surface area contributed by atoms with Gasteiger partial charge in [-0.2, -0.15) is 0 Å². The molecule has 6 nitrogen and oxygen atoms in total. The first-order chi connectivity index (χ1) is 12.0. The van der Waals surface area contributed by atoms with Crippen molar-refractivity contribution in [2.45, 2.75) is 25.9 Å². The summed E-state index contributed by atoms with van der Waals surface area (Å²) in [5.74, 6) is -1.01. The second-order valence-corrected chi connectivity index (χ2v) is 7.11. The average Bonchev–Trinajstić information content (AvgIpc) is 2.95. The molecule has 1 fully saturated rings. The highest BCUT2D eigenvalue weighted by Crippen LogP contribution is 2.23. The van der Waals surface area contributed by atoms with Crippen molar-refractivity contribution in [1.29, 1.82) is 0 Å². The van der Waals surface area contributed by atoms with Crippen LogP contribution in [0.15, 0.2) is 30.3 Å². The molecule has 0 radical (unpaired) electrons. The number of ether oxygens (including phenoxy) is 1. The Bertz CT molecular complexity index is 760. The minimum Gasteiger partial charge on any atom is -0.481 e. The number of aromatic nitrogens is 1. The topological polar surface area (TPSA) is 79.7 Å². The Balaban J connectivity index is 1.70. The van der Waals surface area contributed by atoms with E-state index in [0.29, 0.717) is 31.0 Å². The molecule has 7 heteroatoms. The van der Waals surface area contributed by atoms with E-state index in [2.05, 4.69) is 4.98 Å². The number of aryl methyl sites for hydroxylation is 1. The molecule has 1 unspecified atom stereocenters. The van der Waals surface area contributed by atoms with Crippen molar-refractivity contribution in [1.82, 2.24) is 9.88 Å². The minimum absolute atomic E-state index is 0.0898. The fourth-order valence-corrected chi connectivity index (χ4v) is 3.93. The first kappa shape index (κ1) is 17.6. The first-order valence-electron chi connectivity index (χ1n) is 8.16. The maximum absolute atomic E-state index is 12.8. The lowest BCUT2D eigenvalue weighted by atomic mass is 10.2. The van der Waals surface area contributed by atoms with Crippen molar-refractivity contribution in [3.8, 4) is 0 Å². The number of hydrogen-bond donors (Lipinski definition) is 1. The van der Waals surface area contributed by atoms with Crippen LogP contribution >= 0.6 is 11.3 Å². The van der Waals surface area contributed by atoms with Gasteiger partial charge in [0.25, 0.3) is 5.91 Å². The fraction of sp³-hybridized carbons (Fsp3) is 0.389. The van der Waals surface area contributed by atoms with E-state index in [0.717, 1.165) is 16.3 Å². The molecule has 1 aromatic carbocycles. The van der Waals surface area contributed by atoms with Crippen LogP contribution in [0.5, 0.6) is 0 Å². The van der Waals surface area contributed by atoms with Crippen LogP contribution in [0.25, 0.3) is 0 Å².